The Morgan fingerprint density at radius 3 is 2.50 bits per heavy atom. The number of rotatable bonds is 2. The number of hydrogen-bond donors (Lipinski definition) is 1. The zero-order chi connectivity index (χ0) is 11.6. The Labute approximate surface area is 94.6 Å². The maximum Gasteiger partial charge on any atom is 0.252 e. The maximum absolute atomic E-state index is 11.7. The molecule has 2 rings (SSSR count). The second-order valence-corrected chi connectivity index (χ2v) is 6.14. The van der Waals surface area contributed by atoms with E-state index in [9.17, 15) is 13.2 Å². The third kappa shape index (κ3) is 2.24. The largest absolute Gasteiger partial charge is 0.335 e. The Hall–Kier alpha value is -1.36. The van der Waals surface area contributed by atoms with Crippen molar-refractivity contribution in [1.29, 1.82) is 0 Å². The molecule has 1 fully saturated rings. The first kappa shape index (κ1) is 11.1. The van der Waals surface area contributed by atoms with E-state index < -0.39 is 15.2 Å². The molecule has 1 heterocycles. The maximum atomic E-state index is 11.7. The molecule has 1 aliphatic heterocycles. The van der Waals surface area contributed by atoms with Gasteiger partial charge < -0.3 is 5.32 Å². The highest BCUT2D eigenvalue weighted by Crippen LogP contribution is 2.17. The van der Waals surface area contributed by atoms with Gasteiger partial charge in [-0.2, -0.15) is 0 Å². The van der Waals surface area contributed by atoms with Crippen LogP contribution >= 0.6 is 0 Å². The minimum absolute atomic E-state index is 0.173. The third-order valence-corrected chi connectivity index (χ3v) is 4.73. The van der Waals surface area contributed by atoms with Crippen LogP contribution in [0.1, 0.15) is 23.2 Å². The van der Waals surface area contributed by atoms with Gasteiger partial charge in [-0.3, -0.25) is 4.79 Å². The van der Waals surface area contributed by atoms with Gasteiger partial charge in [-0.1, -0.05) is 18.2 Å². The lowest BCUT2D eigenvalue weighted by Crippen LogP contribution is -2.37. The van der Waals surface area contributed by atoms with E-state index in [1.54, 1.807) is 24.3 Å². The third-order valence-electron chi connectivity index (χ3n) is 2.66. The predicted octanol–water partition coefficient (Wildman–Crippen LogP) is 0.951. The Morgan fingerprint density at radius 1 is 1.25 bits per heavy atom. The molecule has 86 valence electrons. The summed E-state index contributed by atoms with van der Waals surface area (Å²) < 4.78 is 23.0. The molecule has 1 atom stereocenters. The number of carbonyl (C=O) groups is 1. The SMILES string of the molecule is O=C(NC1CCCS1(=O)=O)c1ccccc1. The van der Waals surface area contributed by atoms with Gasteiger partial charge in [0.1, 0.15) is 5.37 Å². The van der Waals surface area contributed by atoms with Crippen molar-refractivity contribution >= 4 is 15.7 Å². The van der Waals surface area contributed by atoms with Crippen LogP contribution in [0.2, 0.25) is 0 Å². The Kier molecular flexibility index (Phi) is 2.96. The number of nitrogens with one attached hydrogen (secondary N) is 1. The fourth-order valence-electron chi connectivity index (χ4n) is 1.77. The van der Waals surface area contributed by atoms with E-state index in [0.29, 0.717) is 18.4 Å². The van der Waals surface area contributed by atoms with Crippen LogP contribution in [-0.4, -0.2) is 25.5 Å². The lowest BCUT2D eigenvalue weighted by atomic mass is 10.2. The van der Waals surface area contributed by atoms with Gasteiger partial charge in [-0.25, -0.2) is 8.42 Å². The van der Waals surface area contributed by atoms with Crippen molar-refractivity contribution in [2.45, 2.75) is 18.2 Å². The van der Waals surface area contributed by atoms with Crippen LogP contribution < -0.4 is 5.32 Å². The summed E-state index contributed by atoms with van der Waals surface area (Å²) in [4.78, 5) is 11.7. The van der Waals surface area contributed by atoms with Gasteiger partial charge in [-0.05, 0) is 25.0 Å². The van der Waals surface area contributed by atoms with E-state index in [-0.39, 0.29) is 11.7 Å². The molecule has 0 aliphatic carbocycles. The quantitative estimate of drug-likeness (QED) is 0.835. The molecule has 0 spiro atoms. The van der Waals surface area contributed by atoms with E-state index in [1.807, 2.05) is 6.07 Å². The highest BCUT2D eigenvalue weighted by molar-refractivity contribution is 7.92. The number of amides is 1. The molecular formula is C11H13NO3S. The monoisotopic (exact) mass is 239 g/mol. The number of benzene rings is 1. The topological polar surface area (TPSA) is 63.2 Å². The normalized spacial score (nSPS) is 22.9. The molecule has 1 aromatic carbocycles. The van der Waals surface area contributed by atoms with Crippen molar-refractivity contribution in [2.24, 2.45) is 0 Å². The smallest absolute Gasteiger partial charge is 0.252 e. The van der Waals surface area contributed by atoms with Crippen LogP contribution in [0, 0.1) is 0 Å². The summed E-state index contributed by atoms with van der Waals surface area (Å²) in [5.41, 5.74) is 0.490. The molecule has 0 saturated carbocycles. The molecule has 0 radical (unpaired) electrons. The van der Waals surface area contributed by atoms with Crippen molar-refractivity contribution in [2.75, 3.05) is 5.75 Å². The zero-order valence-corrected chi connectivity index (χ0v) is 9.53. The highest BCUT2D eigenvalue weighted by Gasteiger charge is 2.32. The number of carbonyl (C=O) groups excluding carboxylic acids is 1. The summed E-state index contributed by atoms with van der Waals surface area (Å²) in [6.45, 7) is 0. The van der Waals surface area contributed by atoms with Crippen LogP contribution in [-0.2, 0) is 9.84 Å². The van der Waals surface area contributed by atoms with Crippen molar-refractivity contribution in [1.82, 2.24) is 5.32 Å². The van der Waals surface area contributed by atoms with E-state index >= 15 is 0 Å². The summed E-state index contributed by atoms with van der Waals surface area (Å²) in [5.74, 6) is -0.150. The molecule has 0 bridgehead atoms. The minimum atomic E-state index is -3.12. The second-order valence-electron chi connectivity index (χ2n) is 3.84. The molecule has 1 aromatic rings. The first-order chi connectivity index (χ1) is 7.59. The summed E-state index contributed by atoms with van der Waals surface area (Å²) in [7, 11) is -3.12. The minimum Gasteiger partial charge on any atom is -0.335 e. The zero-order valence-electron chi connectivity index (χ0n) is 8.72. The van der Waals surface area contributed by atoms with Gasteiger partial charge in [0, 0.05) is 5.56 Å². The van der Waals surface area contributed by atoms with Crippen LogP contribution in [0.4, 0.5) is 0 Å². The summed E-state index contributed by atoms with van der Waals surface area (Å²) in [6, 6.07) is 8.63. The molecule has 16 heavy (non-hydrogen) atoms. The van der Waals surface area contributed by atoms with E-state index in [0.717, 1.165) is 0 Å². The van der Waals surface area contributed by atoms with Gasteiger partial charge in [0.25, 0.3) is 5.91 Å². The lowest BCUT2D eigenvalue weighted by molar-refractivity contribution is 0.0948. The molecule has 0 aromatic heterocycles. The second kappa shape index (κ2) is 4.25. The predicted molar refractivity (Wildman–Crippen MR) is 60.7 cm³/mol. The van der Waals surface area contributed by atoms with Crippen molar-refractivity contribution in [3.8, 4) is 0 Å². The van der Waals surface area contributed by atoms with Gasteiger partial charge in [0.2, 0.25) is 0 Å². The average molecular weight is 239 g/mol. The number of sulfone groups is 1. The first-order valence-corrected chi connectivity index (χ1v) is 6.88. The van der Waals surface area contributed by atoms with Gasteiger partial charge in [-0.15, -0.1) is 0 Å². The molecule has 4 nitrogen and oxygen atoms in total. The van der Waals surface area contributed by atoms with Crippen LogP contribution in [0.3, 0.4) is 0 Å². The molecule has 1 N–H and O–H groups in total. The lowest BCUT2D eigenvalue weighted by Gasteiger charge is -2.11. The standard InChI is InChI=1S/C11H13NO3S/c13-11(9-5-2-1-3-6-9)12-10-7-4-8-16(10,14)15/h1-3,5-6,10H,4,7-8H2,(H,12,13). The molecular weight excluding hydrogens is 226 g/mol. The average Bonchev–Trinajstić information content (AvgIpc) is 2.59. The van der Waals surface area contributed by atoms with Gasteiger partial charge in [0.15, 0.2) is 9.84 Å². The molecule has 1 saturated heterocycles. The van der Waals surface area contributed by atoms with E-state index in [4.69, 9.17) is 0 Å². The van der Waals surface area contributed by atoms with Crippen LogP contribution in [0.15, 0.2) is 30.3 Å². The first-order valence-electron chi connectivity index (χ1n) is 5.17. The van der Waals surface area contributed by atoms with Crippen LogP contribution in [0.25, 0.3) is 0 Å². The van der Waals surface area contributed by atoms with Crippen molar-refractivity contribution in [3.63, 3.8) is 0 Å². The Morgan fingerprint density at radius 2 is 1.94 bits per heavy atom. The fraction of sp³-hybridized carbons (Fsp3) is 0.364. The van der Waals surface area contributed by atoms with E-state index in [2.05, 4.69) is 5.32 Å². The Bertz CT molecular complexity index is 481. The van der Waals surface area contributed by atoms with Crippen molar-refractivity contribution in [3.05, 3.63) is 35.9 Å². The molecule has 1 aliphatic rings. The van der Waals surface area contributed by atoms with Gasteiger partial charge >= 0.3 is 0 Å². The summed E-state index contributed by atoms with van der Waals surface area (Å²) in [6.07, 6.45) is 1.14. The van der Waals surface area contributed by atoms with Crippen molar-refractivity contribution < 1.29 is 13.2 Å². The van der Waals surface area contributed by atoms with Crippen LogP contribution in [0.5, 0.6) is 0 Å². The number of hydrogen-bond acceptors (Lipinski definition) is 3. The highest BCUT2D eigenvalue weighted by atomic mass is 32.2. The Balaban J connectivity index is 2.09. The van der Waals surface area contributed by atoms with Gasteiger partial charge in [0.05, 0.1) is 5.75 Å². The summed E-state index contributed by atoms with van der Waals surface area (Å²) in [5, 5.41) is 1.85. The molecule has 5 heteroatoms. The molecule has 1 amide bonds. The fourth-order valence-corrected chi connectivity index (χ4v) is 3.44. The summed E-state index contributed by atoms with van der Waals surface area (Å²) >= 11 is 0. The molecule has 1 unspecified atom stereocenters. The van der Waals surface area contributed by atoms with E-state index in [1.165, 1.54) is 0 Å².